The van der Waals surface area contributed by atoms with E-state index in [0.717, 1.165) is 6.33 Å². The van der Waals surface area contributed by atoms with Crippen LogP contribution in [0.25, 0.3) is 22.4 Å². The van der Waals surface area contributed by atoms with Crippen LogP contribution in [-0.4, -0.2) is 29.3 Å². The molecule has 1 heterocycles. The summed E-state index contributed by atoms with van der Waals surface area (Å²) in [6.45, 7) is -0.103. The van der Waals surface area contributed by atoms with E-state index in [4.69, 9.17) is 14.2 Å². The van der Waals surface area contributed by atoms with Crippen LogP contribution in [0, 0.1) is 5.82 Å². The first-order chi connectivity index (χ1) is 17.2. The smallest absolute Gasteiger partial charge is 0.434 e. The zero-order valence-electron chi connectivity index (χ0n) is 19.1. The van der Waals surface area contributed by atoms with Gasteiger partial charge in [0.15, 0.2) is 17.2 Å². The number of halogens is 4. The third-order valence-electron chi connectivity index (χ3n) is 5.36. The number of alkyl halides is 3. The Hall–Kier alpha value is -4.34. The van der Waals surface area contributed by atoms with Gasteiger partial charge in [0.1, 0.15) is 30.3 Å². The topological polar surface area (TPSA) is 73.7 Å². The second-order valence-corrected chi connectivity index (χ2v) is 7.57. The third-order valence-corrected chi connectivity index (χ3v) is 5.36. The summed E-state index contributed by atoms with van der Waals surface area (Å²) in [5.74, 6) is -0.100. The van der Waals surface area contributed by atoms with Crippen molar-refractivity contribution in [2.45, 2.75) is 12.8 Å². The number of hydrogen-bond acceptors (Lipinski definition) is 6. The van der Waals surface area contributed by atoms with Crippen LogP contribution in [0.4, 0.5) is 17.6 Å². The van der Waals surface area contributed by atoms with Gasteiger partial charge < -0.3 is 19.3 Å². The lowest BCUT2D eigenvalue weighted by atomic mass is 9.96. The number of aromatic nitrogens is 2. The van der Waals surface area contributed by atoms with Gasteiger partial charge in [-0.1, -0.05) is 24.3 Å². The molecule has 3 aromatic carbocycles. The molecule has 6 nitrogen and oxygen atoms in total. The molecule has 0 aliphatic heterocycles. The van der Waals surface area contributed by atoms with E-state index in [9.17, 15) is 22.7 Å². The molecule has 0 saturated heterocycles. The number of nitrogens with zero attached hydrogens (tertiary/aromatic N) is 2. The van der Waals surface area contributed by atoms with Crippen LogP contribution in [-0.2, 0) is 12.8 Å². The van der Waals surface area contributed by atoms with Gasteiger partial charge in [-0.3, -0.25) is 0 Å². The predicted octanol–water partition coefficient (Wildman–Crippen LogP) is 6.27. The number of benzene rings is 3. The van der Waals surface area contributed by atoms with Crippen LogP contribution in [0.15, 0.2) is 67.0 Å². The lowest BCUT2D eigenvalue weighted by Crippen LogP contribution is -2.12. The summed E-state index contributed by atoms with van der Waals surface area (Å²) in [6.07, 6.45) is -4.02. The van der Waals surface area contributed by atoms with Gasteiger partial charge in [0.25, 0.3) is 0 Å². The highest BCUT2D eigenvalue weighted by molar-refractivity contribution is 5.86. The van der Waals surface area contributed by atoms with Gasteiger partial charge in [-0.15, -0.1) is 0 Å². The van der Waals surface area contributed by atoms with Gasteiger partial charge in [0, 0.05) is 22.8 Å². The maximum atomic E-state index is 14.0. The first-order valence-corrected chi connectivity index (χ1v) is 10.6. The molecule has 0 amide bonds. The first-order valence-electron chi connectivity index (χ1n) is 10.6. The highest BCUT2D eigenvalue weighted by Crippen LogP contribution is 2.44. The normalized spacial score (nSPS) is 11.3. The zero-order valence-corrected chi connectivity index (χ0v) is 19.1. The van der Waals surface area contributed by atoms with Gasteiger partial charge in [-0.05, 0) is 35.9 Å². The Morgan fingerprint density at radius 3 is 2.31 bits per heavy atom. The maximum absolute atomic E-state index is 14.0. The number of ether oxygens (including phenoxy) is 3. The Morgan fingerprint density at radius 1 is 0.889 bits per heavy atom. The van der Waals surface area contributed by atoms with E-state index >= 15 is 0 Å². The molecule has 4 rings (SSSR count). The molecule has 10 heteroatoms. The predicted molar refractivity (Wildman–Crippen MR) is 123 cm³/mol. The first kappa shape index (κ1) is 24.8. The molecule has 4 aromatic rings. The number of phenolic OH excluding ortho intramolecular Hbond substituents is 1. The SMILES string of the molecule is COc1ccc(-c2c(-c3ccc(OCc4ccccc4F)cc3O)ncnc2C(F)(F)F)cc1OC. The van der Waals surface area contributed by atoms with E-state index in [2.05, 4.69) is 9.97 Å². The molecule has 0 spiro atoms. The van der Waals surface area contributed by atoms with Crippen LogP contribution >= 0.6 is 0 Å². The molecular weight excluding hydrogens is 480 g/mol. The molecule has 1 aromatic heterocycles. The van der Waals surface area contributed by atoms with Gasteiger partial charge in [0.05, 0.1) is 19.9 Å². The largest absolute Gasteiger partial charge is 0.507 e. The van der Waals surface area contributed by atoms with Crippen LogP contribution in [0.3, 0.4) is 0 Å². The molecule has 1 N–H and O–H groups in total. The maximum Gasteiger partial charge on any atom is 0.434 e. The molecule has 186 valence electrons. The van der Waals surface area contributed by atoms with Gasteiger partial charge in [-0.25, -0.2) is 14.4 Å². The van der Waals surface area contributed by atoms with Crippen LogP contribution in [0.2, 0.25) is 0 Å². The molecule has 0 radical (unpaired) electrons. The van der Waals surface area contributed by atoms with Crippen molar-refractivity contribution in [3.05, 3.63) is 84.1 Å². The summed E-state index contributed by atoms with van der Waals surface area (Å²) in [7, 11) is 2.77. The average Bonchev–Trinajstić information content (AvgIpc) is 2.87. The zero-order chi connectivity index (χ0) is 25.9. The van der Waals surface area contributed by atoms with Crippen molar-refractivity contribution < 1.29 is 36.9 Å². The summed E-state index contributed by atoms with van der Waals surface area (Å²) in [4.78, 5) is 7.54. The van der Waals surface area contributed by atoms with Gasteiger partial charge >= 0.3 is 6.18 Å². The second kappa shape index (κ2) is 10.1. The van der Waals surface area contributed by atoms with E-state index in [1.165, 1.54) is 56.7 Å². The summed E-state index contributed by atoms with van der Waals surface area (Å²) in [5, 5.41) is 10.7. The molecule has 0 aliphatic carbocycles. The fourth-order valence-electron chi connectivity index (χ4n) is 3.65. The fraction of sp³-hybridized carbons (Fsp3) is 0.154. The Kier molecular flexibility index (Phi) is 6.96. The van der Waals surface area contributed by atoms with Gasteiger partial charge in [0.2, 0.25) is 0 Å². The molecule has 0 atom stereocenters. The highest BCUT2D eigenvalue weighted by Gasteiger charge is 2.38. The Bertz CT molecular complexity index is 1390. The minimum absolute atomic E-state index is 0.0194. The quantitative estimate of drug-likeness (QED) is 0.302. The van der Waals surface area contributed by atoms with Crippen LogP contribution in [0.1, 0.15) is 11.3 Å². The molecule has 36 heavy (non-hydrogen) atoms. The van der Waals surface area contributed by atoms with E-state index in [1.54, 1.807) is 18.2 Å². The lowest BCUT2D eigenvalue weighted by molar-refractivity contribution is -0.140. The van der Waals surface area contributed by atoms with E-state index in [1.807, 2.05) is 0 Å². The van der Waals surface area contributed by atoms with Crippen LogP contribution < -0.4 is 14.2 Å². The van der Waals surface area contributed by atoms with Crippen molar-refractivity contribution in [2.75, 3.05) is 14.2 Å². The lowest BCUT2D eigenvalue weighted by Gasteiger charge is -2.18. The van der Waals surface area contributed by atoms with Gasteiger partial charge in [-0.2, -0.15) is 13.2 Å². The molecule has 0 saturated carbocycles. The number of methoxy groups -OCH3 is 2. The van der Waals surface area contributed by atoms with E-state index < -0.39 is 17.7 Å². The number of phenols is 1. The summed E-state index contributed by atoms with van der Waals surface area (Å²) < 4.78 is 71.7. The Balaban J connectivity index is 1.78. The number of rotatable bonds is 7. The van der Waals surface area contributed by atoms with E-state index in [-0.39, 0.29) is 46.2 Å². The summed E-state index contributed by atoms with van der Waals surface area (Å²) in [5.41, 5.74) is -1.24. The fourth-order valence-corrected chi connectivity index (χ4v) is 3.65. The van der Waals surface area contributed by atoms with Crippen molar-refractivity contribution in [3.8, 4) is 45.4 Å². The Labute approximate surface area is 203 Å². The summed E-state index contributed by atoms with van der Waals surface area (Å²) >= 11 is 0. The van der Waals surface area contributed by atoms with Crippen molar-refractivity contribution >= 4 is 0 Å². The minimum atomic E-state index is -4.81. The van der Waals surface area contributed by atoms with Crippen molar-refractivity contribution in [1.29, 1.82) is 0 Å². The monoisotopic (exact) mass is 500 g/mol. The van der Waals surface area contributed by atoms with Crippen molar-refractivity contribution in [2.24, 2.45) is 0 Å². The molecule has 0 unspecified atom stereocenters. The Morgan fingerprint density at radius 2 is 1.64 bits per heavy atom. The highest BCUT2D eigenvalue weighted by atomic mass is 19.4. The van der Waals surface area contributed by atoms with Crippen molar-refractivity contribution in [3.63, 3.8) is 0 Å². The third kappa shape index (κ3) is 5.02. The molecule has 0 aliphatic rings. The number of aromatic hydroxyl groups is 1. The molecule has 0 bridgehead atoms. The summed E-state index contributed by atoms with van der Waals surface area (Å²) in [6, 6.07) is 14.4. The van der Waals surface area contributed by atoms with E-state index in [0.29, 0.717) is 11.3 Å². The molecular formula is C26H20F4N2O4. The number of hydrogen-bond donors (Lipinski definition) is 1. The average molecular weight is 500 g/mol. The molecule has 0 fully saturated rings. The standard InChI is InChI=1S/C26H20F4N2O4/c1-34-21-10-7-15(11-22(21)35-2)23-24(31-14-32-25(23)26(28,29)30)18-9-8-17(12-20(18)33)36-13-16-5-3-4-6-19(16)27/h3-12,14,33H,13H2,1-2H3. The van der Waals surface area contributed by atoms with Crippen LogP contribution in [0.5, 0.6) is 23.0 Å². The second-order valence-electron chi connectivity index (χ2n) is 7.57. The minimum Gasteiger partial charge on any atom is -0.507 e. The van der Waals surface area contributed by atoms with Crippen molar-refractivity contribution in [1.82, 2.24) is 9.97 Å².